The molecule has 1 fully saturated rings. The molecule has 0 N–H and O–H groups in total. The minimum atomic E-state index is -0.680. The summed E-state index contributed by atoms with van der Waals surface area (Å²) in [5.74, 6) is 1.64. The van der Waals surface area contributed by atoms with Crippen LogP contribution in [0, 0.1) is 11.3 Å². The molecule has 0 spiro atoms. The number of hydrogen-bond acceptors (Lipinski definition) is 4. The van der Waals surface area contributed by atoms with Gasteiger partial charge in [0.15, 0.2) is 0 Å². The lowest BCUT2D eigenvalue weighted by atomic mass is 9.70. The third-order valence-corrected chi connectivity index (χ3v) is 7.90. The van der Waals surface area contributed by atoms with Crippen molar-refractivity contribution in [2.24, 2.45) is 0 Å². The Bertz CT molecular complexity index is 1340. The van der Waals surface area contributed by atoms with Crippen molar-refractivity contribution in [1.29, 1.82) is 5.26 Å². The van der Waals surface area contributed by atoms with Crippen LogP contribution in [0.3, 0.4) is 0 Å². The summed E-state index contributed by atoms with van der Waals surface area (Å²) < 4.78 is 12.3. The van der Waals surface area contributed by atoms with E-state index in [1.165, 1.54) is 0 Å². The predicted octanol–water partition coefficient (Wildman–Crippen LogP) is 8.03. The highest BCUT2D eigenvalue weighted by atomic mass is 16.5. The standard InChI is InChI=1S/C35H36N2O2.CH4/c1-34(2,21-22-35(27-36,29-15-8-4-9-16-29)30-17-10-5-11-18-30)37-24-33(25-37)39-32-20-12-19-31(23-32)38-26-28-13-6-3-7-14-28;/h3-20,23,33H,21-22,24-26H2,1-2H3;1H4. The molecule has 1 aliphatic rings. The van der Waals surface area contributed by atoms with Gasteiger partial charge in [0.2, 0.25) is 0 Å². The van der Waals surface area contributed by atoms with Crippen molar-refractivity contribution in [1.82, 2.24) is 4.90 Å². The van der Waals surface area contributed by atoms with Gasteiger partial charge in [-0.3, -0.25) is 4.90 Å². The topological polar surface area (TPSA) is 45.5 Å². The molecular formula is C36H40N2O2. The Morgan fingerprint density at radius 1 is 0.750 bits per heavy atom. The van der Waals surface area contributed by atoms with Gasteiger partial charge in [0, 0.05) is 24.7 Å². The Kier molecular flexibility index (Phi) is 9.30. The quantitative estimate of drug-likeness (QED) is 0.196. The summed E-state index contributed by atoms with van der Waals surface area (Å²) in [5, 5.41) is 10.5. The van der Waals surface area contributed by atoms with Gasteiger partial charge >= 0.3 is 0 Å². The smallest absolute Gasteiger partial charge is 0.124 e. The van der Waals surface area contributed by atoms with E-state index in [-0.39, 0.29) is 19.1 Å². The number of benzene rings is 4. The third kappa shape index (κ3) is 6.55. The molecule has 4 nitrogen and oxygen atoms in total. The molecule has 0 aromatic heterocycles. The van der Waals surface area contributed by atoms with Gasteiger partial charge in [-0.25, -0.2) is 0 Å². The van der Waals surface area contributed by atoms with E-state index in [4.69, 9.17) is 9.47 Å². The van der Waals surface area contributed by atoms with Gasteiger partial charge < -0.3 is 9.47 Å². The van der Waals surface area contributed by atoms with E-state index in [0.717, 1.165) is 54.1 Å². The lowest BCUT2D eigenvalue weighted by molar-refractivity contribution is -0.0465. The molecule has 1 heterocycles. The molecule has 4 aromatic rings. The maximum absolute atomic E-state index is 10.5. The molecule has 0 saturated carbocycles. The van der Waals surface area contributed by atoms with E-state index in [9.17, 15) is 5.26 Å². The van der Waals surface area contributed by atoms with E-state index < -0.39 is 5.41 Å². The molecule has 40 heavy (non-hydrogen) atoms. The number of nitriles is 1. The van der Waals surface area contributed by atoms with Crippen LogP contribution in [0.5, 0.6) is 11.5 Å². The minimum absolute atomic E-state index is 0. The van der Waals surface area contributed by atoms with Crippen molar-refractivity contribution in [3.63, 3.8) is 0 Å². The van der Waals surface area contributed by atoms with Crippen LogP contribution >= 0.6 is 0 Å². The zero-order valence-corrected chi connectivity index (χ0v) is 22.8. The summed E-state index contributed by atoms with van der Waals surface area (Å²) in [6.07, 6.45) is 1.77. The summed E-state index contributed by atoms with van der Waals surface area (Å²) in [7, 11) is 0. The van der Waals surface area contributed by atoms with Crippen LogP contribution in [-0.4, -0.2) is 29.6 Å². The summed E-state index contributed by atoms with van der Waals surface area (Å²) in [6, 6.07) is 41.2. The van der Waals surface area contributed by atoms with Crippen molar-refractivity contribution >= 4 is 0 Å². The van der Waals surface area contributed by atoms with Crippen molar-refractivity contribution < 1.29 is 9.47 Å². The molecule has 5 rings (SSSR count). The average Bonchev–Trinajstić information content (AvgIpc) is 2.96. The van der Waals surface area contributed by atoms with Gasteiger partial charge in [0.25, 0.3) is 0 Å². The molecule has 206 valence electrons. The van der Waals surface area contributed by atoms with Gasteiger partial charge in [-0.2, -0.15) is 5.26 Å². The largest absolute Gasteiger partial charge is 0.489 e. The van der Waals surface area contributed by atoms with E-state index in [1.807, 2.05) is 78.9 Å². The average molecular weight is 533 g/mol. The van der Waals surface area contributed by atoms with Crippen molar-refractivity contribution in [3.8, 4) is 17.6 Å². The Morgan fingerprint density at radius 3 is 1.88 bits per heavy atom. The second-order valence-corrected chi connectivity index (χ2v) is 11.0. The Morgan fingerprint density at radius 2 is 1.30 bits per heavy atom. The fourth-order valence-electron chi connectivity index (χ4n) is 5.31. The third-order valence-electron chi connectivity index (χ3n) is 7.90. The molecule has 0 unspecified atom stereocenters. The van der Waals surface area contributed by atoms with E-state index in [2.05, 4.69) is 61.2 Å². The summed E-state index contributed by atoms with van der Waals surface area (Å²) in [6.45, 7) is 6.81. The molecule has 0 atom stereocenters. The van der Waals surface area contributed by atoms with Crippen LogP contribution in [0.1, 0.15) is 50.8 Å². The molecule has 0 radical (unpaired) electrons. The predicted molar refractivity (Wildman–Crippen MR) is 163 cm³/mol. The fraction of sp³-hybridized carbons (Fsp3) is 0.306. The lowest BCUT2D eigenvalue weighted by Gasteiger charge is -2.49. The second kappa shape index (κ2) is 12.9. The summed E-state index contributed by atoms with van der Waals surface area (Å²) in [4.78, 5) is 2.46. The highest BCUT2D eigenvalue weighted by Gasteiger charge is 2.42. The van der Waals surface area contributed by atoms with Crippen molar-refractivity contribution in [2.75, 3.05) is 13.1 Å². The van der Waals surface area contributed by atoms with Gasteiger partial charge in [0.1, 0.15) is 29.6 Å². The molecule has 4 heteroatoms. The molecule has 0 amide bonds. The SMILES string of the molecule is C.CC(C)(CCC(C#N)(c1ccccc1)c1ccccc1)N1CC(Oc2cccc(OCc3ccccc3)c2)C1. The van der Waals surface area contributed by atoms with Gasteiger partial charge in [0.05, 0.1) is 6.07 Å². The first-order chi connectivity index (χ1) is 19.0. The van der Waals surface area contributed by atoms with Gasteiger partial charge in [-0.05, 0) is 55.5 Å². The first-order valence-electron chi connectivity index (χ1n) is 13.7. The van der Waals surface area contributed by atoms with Crippen molar-refractivity contribution in [3.05, 3.63) is 132 Å². The molecule has 1 saturated heterocycles. The number of hydrogen-bond donors (Lipinski definition) is 0. The molecule has 4 aromatic carbocycles. The van der Waals surface area contributed by atoms with Crippen LogP contribution in [0.2, 0.25) is 0 Å². The highest BCUT2D eigenvalue weighted by molar-refractivity contribution is 5.45. The fourth-order valence-corrected chi connectivity index (χ4v) is 5.31. The molecular weight excluding hydrogens is 492 g/mol. The van der Waals surface area contributed by atoms with Gasteiger partial charge in [-0.15, -0.1) is 0 Å². The van der Waals surface area contributed by atoms with E-state index in [0.29, 0.717) is 6.61 Å². The Balaban J connectivity index is 0.00000370. The molecule has 0 bridgehead atoms. The van der Waals surface area contributed by atoms with Crippen LogP contribution < -0.4 is 9.47 Å². The number of likely N-dealkylation sites (tertiary alicyclic amines) is 1. The van der Waals surface area contributed by atoms with Crippen LogP contribution in [0.15, 0.2) is 115 Å². The lowest BCUT2D eigenvalue weighted by Crippen LogP contribution is -2.62. The first kappa shape index (κ1) is 28.9. The molecule has 0 aliphatic carbocycles. The summed E-state index contributed by atoms with van der Waals surface area (Å²) >= 11 is 0. The molecule has 1 aliphatic heterocycles. The monoisotopic (exact) mass is 532 g/mol. The Labute approximate surface area is 239 Å². The Hall–Kier alpha value is -4.07. The summed E-state index contributed by atoms with van der Waals surface area (Å²) in [5.41, 5.74) is 2.50. The first-order valence-corrected chi connectivity index (χ1v) is 13.7. The van der Waals surface area contributed by atoms with Crippen molar-refractivity contribution in [2.45, 2.75) is 57.8 Å². The van der Waals surface area contributed by atoms with Crippen LogP contribution in [0.25, 0.3) is 0 Å². The van der Waals surface area contributed by atoms with Crippen LogP contribution in [-0.2, 0) is 12.0 Å². The van der Waals surface area contributed by atoms with E-state index in [1.54, 1.807) is 0 Å². The number of ether oxygens (including phenoxy) is 2. The minimum Gasteiger partial charge on any atom is -0.489 e. The maximum atomic E-state index is 10.5. The van der Waals surface area contributed by atoms with Crippen LogP contribution in [0.4, 0.5) is 0 Å². The zero-order chi connectivity index (χ0) is 27.1. The van der Waals surface area contributed by atoms with Gasteiger partial charge in [-0.1, -0.05) is 104 Å². The number of rotatable bonds is 11. The number of nitrogens with zero attached hydrogens (tertiary/aromatic N) is 2. The maximum Gasteiger partial charge on any atom is 0.124 e. The highest BCUT2D eigenvalue weighted by Crippen LogP contribution is 2.40. The second-order valence-electron chi connectivity index (χ2n) is 11.0. The normalized spacial score (nSPS) is 13.9. The van der Waals surface area contributed by atoms with E-state index >= 15 is 0 Å². The zero-order valence-electron chi connectivity index (χ0n) is 22.8.